The molecule has 2 heterocycles. The lowest BCUT2D eigenvalue weighted by Gasteiger charge is -2.35. The molecular formula is C25H33N3O3. The van der Waals surface area contributed by atoms with E-state index in [9.17, 15) is 9.59 Å². The van der Waals surface area contributed by atoms with Crippen molar-refractivity contribution >= 4 is 22.8 Å². The lowest BCUT2D eigenvalue weighted by atomic mass is 9.78. The number of benzene rings is 1. The van der Waals surface area contributed by atoms with Gasteiger partial charge in [0.05, 0.1) is 11.1 Å². The van der Waals surface area contributed by atoms with Crippen molar-refractivity contribution in [3.63, 3.8) is 0 Å². The fourth-order valence-corrected chi connectivity index (χ4v) is 4.92. The van der Waals surface area contributed by atoms with Crippen molar-refractivity contribution in [2.75, 3.05) is 13.6 Å². The highest BCUT2D eigenvalue weighted by Gasteiger charge is 2.31. The maximum absolute atomic E-state index is 13.3. The lowest BCUT2D eigenvalue weighted by molar-refractivity contribution is -0.130. The third-order valence-electron chi connectivity index (χ3n) is 7.13. The van der Waals surface area contributed by atoms with Crippen LogP contribution in [0.4, 0.5) is 0 Å². The molecule has 0 radical (unpaired) electrons. The van der Waals surface area contributed by atoms with Crippen LogP contribution in [-0.4, -0.2) is 47.5 Å². The largest absolute Gasteiger partial charge is 0.449 e. The van der Waals surface area contributed by atoms with Crippen molar-refractivity contribution in [3.05, 3.63) is 41.1 Å². The first-order chi connectivity index (χ1) is 14.8. The van der Waals surface area contributed by atoms with Gasteiger partial charge in [0.1, 0.15) is 0 Å². The van der Waals surface area contributed by atoms with Crippen molar-refractivity contribution in [2.45, 2.75) is 65.1 Å². The Hall–Kier alpha value is -2.47. The van der Waals surface area contributed by atoms with Gasteiger partial charge in [-0.15, -0.1) is 0 Å². The van der Waals surface area contributed by atoms with Crippen molar-refractivity contribution in [2.24, 2.45) is 11.8 Å². The zero-order valence-electron chi connectivity index (χ0n) is 19.0. The average molecular weight is 424 g/mol. The van der Waals surface area contributed by atoms with Gasteiger partial charge < -0.3 is 15.0 Å². The zero-order chi connectivity index (χ0) is 22.1. The minimum absolute atomic E-state index is 0.139. The van der Waals surface area contributed by atoms with E-state index in [1.165, 1.54) is 6.42 Å². The number of rotatable bonds is 4. The average Bonchev–Trinajstić information content (AvgIpc) is 2.75. The molecule has 1 aromatic carbocycles. The Bertz CT molecular complexity index is 989. The molecule has 0 saturated heterocycles. The Morgan fingerprint density at radius 3 is 2.81 bits per heavy atom. The molecule has 6 nitrogen and oxygen atoms in total. The van der Waals surface area contributed by atoms with Crippen LogP contribution in [0.3, 0.4) is 0 Å². The molecule has 1 amide bonds. The van der Waals surface area contributed by atoms with E-state index < -0.39 is 12.1 Å². The number of hydrogen-bond donors (Lipinski definition) is 1. The number of carbonyl (C=O) groups is 2. The summed E-state index contributed by atoms with van der Waals surface area (Å²) in [6, 6.07) is 7.80. The summed E-state index contributed by atoms with van der Waals surface area (Å²) >= 11 is 0. The Morgan fingerprint density at radius 2 is 2.00 bits per heavy atom. The first kappa shape index (κ1) is 21.8. The predicted molar refractivity (Wildman–Crippen MR) is 121 cm³/mol. The number of esters is 1. The predicted octanol–water partition coefficient (Wildman–Crippen LogP) is 3.71. The molecule has 0 unspecified atom stereocenters. The number of aromatic nitrogens is 1. The molecule has 4 atom stereocenters. The van der Waals surface area contributed by atoms with E-state index in [-0.39, 0.29) is 11.9 Å². The second kappa shape index (κ2) is 8.95. The molecule has 2 aromatic rings. The zero-order valence-corrected chi connectivity index (χ0v) is 19.0. The van der Waals surface area contributed by atoms with Gasteiger partial charge >= 0.3 is 5.97 Å². The molecule has 6 heteroatoms. The third-order valence-corrected chi connectivity index (χ3v) is 7.13. The number of likely N-dealkylation sites (N-methyl/N-ethyl adjacent to an activating group) is 1. The normalized spacial score (nSPS) is 25.0. The standard InChI is InChI=1S/C25H33N3O3/c1-15-8-7-11-20(16(15)2)27-24(29)17(3)31-25(30)23-18-9-5-6-10-21(18)26-22-12-13-28(4)14-19(22)23/h5-6,9-10,15-17,20H,7-8,11-14H2,1-4H3,(H,27,29)/t15-,16-,17+,20-/m1/s1. The summed E-state index contributed by atoms with van der Waals surface area (Å²) in [6.45, 7) is 7.64. The number of fused-ring (bicyclic) bond motifs is 2. The molecule has 0 bridgehead atoms. The highest BCUT2D eigenvalue weighted by Crippen LogP contribution is 2.30. The van der Waals surface area contributed by atoms with E-state index in [0.717, 1.165) is 48.0 Å². The van der Waals surface area contributed by atoms with Crippen molar-refractivity contribution in [1.29, 1.82) is 0 Å². The van der Waals surface area contributed by atoms with Crippen LogP contribution >= 0.6 is 0 Å². The Morgan fingerprint density at radius 1 is 1.23 bits per heavy atom. The second-order valence-electron chi connectivity index (χ2n) is 9.35. The lowest BCUT2D eigenvalue weighted by Crippen LogP contribution is -2.47. The number of pyridine rings is 1. The van der Waals surface area contributed by atoms with E-state index in [4.69, 9.17) is 9.72 Å². The Balaban J connectivity index is 1.55. The van der Waals surface area contributed by atoms with Crippen LogP contribution in [0.1, 0.15) is 61.6 Å². The molecule has 4 rings (SSSR count). The molecule has 2 aliphatic rings. The van der Waals surface area contributed by atoms with Crippen molar-refractivity contribution in [3.8, 4) is 0 Å². The topological polar surface area (TPSA) is 71.5 Å². The summed E-state index contributed by atoms with van der Waals surface area (Å²) in [5, 5.41) is 3.91. The number of carbonyl (C=O) groups excluding carboxylic acids is 2. The Kier molecular flexibility index (Phi) is 6.28. The van der Waals surface area contributed by atoms with Crippen molar-refractivity contribution < 1.29 is 14.3 Å². The highest BCUT2D eigenvalue weighted by atomic mass is 16.5. The number of para-hydroxylation sites is 1. The van der Waals surface area contributed by atoms with Crippen LogP contribution in [0, 0.1) is 11.8 Å². The van der Waals surface area contributed by atoms with Crippen LogP contribution in [0.25, 0.3) is 10.9 Å². The van der Waals surface area contributed by atoms with Gasteiger partial charge in [0.25, 0.3) is 5.91 Å². The number of hydrogen-bond acceptors (Lipinski definition) is 5. The number of nitrogens with zero attached hydrogens (tertiary/aromatic N) is 2. The van der Waals surface area contributed by atoms with Gasteiger partial charge in [-0.1, -0.05) is 44.9 Å². The van der Waals surface area contributed by atoms with E-state index in [1.54, 1.807) is 6.92 Å². The molecule has 0 spiro atoms. The van der Waals surface area contributed by atoms with Gasteiger partial charge in [-0.25, -0.2) is 4.79 Å². The van der Waals surface area contributed by atoms with Crippen LogP contribution in [0.15, 0.2) is 24.3 Å². The fourth-order valence-electron chi connectivity index (χ4n) is 4.92. The fraction of sp³-hybridized carbons (Fsp3) is 0.560. The number of nitrogens with one attached hydrogen (secondary N) is 1. The van der Waals surface area contributed by atoms with Crippen LogP contribution in [0.5, 0.6) is 0 Å². The van der Waals surface area contributed by atoms with Gasteiger partial charge in [0, 0.05) is 42.2 Å². The maximum Gasteiger partial charge on any atom is 0.339 e. The maximum atomic E-state index is 13.3. The van der Waals surface area contributed by atoms with Crippen LogP contribution in [0.2, 0.25) is 0 Å². The monoisotopic (exact) mass is 423 g/mol. The smallest absolute Gasteiger partial charge is 0.339 e. The van der Waals surface area contributed by atoms with Gasteiger partial charge in [0.15, 0.2) is 6.10 Å². The molecule has 1 fully saturated rings. The summed E-state index contributed by atoms with van der Waals surface area (Å²) in [4.78, 5) is 33.1. The molecule has 1 aliphatic carbocycles. The van der Waals surface area contributed by atoms with Crippen LogP contribution in [-0.2, 0) is 22.5 Å². The minimum atomic E-state index is -0.846. The third kappa shape index (κ3) is 4.45. The van der Waals surface area contributed by atoms with E-state index in [1.807, 2.05) is 31.3 Å². The quantitative estimate of drug-likeness (QED) is 0.759. The molecule has 1 N–H and O–H groups in total. The summed E-state index contributed by atoms with van der Waals surface area (Å²) in [5.41, 5.74) is 3.21. The van der Waals surface area contributed by atoms with Crippen LogP contribution < -0.4 is 5.32 Å². The van der Waals surface area contributed by atoms with Gasteiger partial charge in [-0.3, -0.25) is 9.78 Å². The summed E-state index contributed by atoms with van der Waals surface area (Å²) in [6.07, 6.45) is 3.25. The molecule has 166 valence electrons. The second-order valence-corrected chi connectivity index (χ2v) is 9.35. The Labute approximate surface area is 184 Å². The summed E-state index contributed by atoms with van der Waals surface area (Å²) < 4.78 is 5.71. The minimum Gasteiger partial charge on any atom is -0.449 e. The van der Waals surface area contributed by atoms with Gasteiger partial charge in [-0.05, 0) is 38.3 Å². The first-order valence-corrected chi connectivity index (χ1v) is 11.5. The summed E-state index contributed by atoms with van der Waals surface area (Å²) in [7, 11) is 2.04. The molecule has 1 saturated carbocycles. The van der Waals surface area contributed by atoms with Gasteiger partial charge in [0.2, 0.25) is 0 Å². The van der Waals surface area contributed by atoms with E-state index in [0.29, 0.717) is 23.9 Å². The molecule has 31 heavy (non-hydrogen) atoms. The molecule has 1 aromatic heterocycles. The van der Waals surface area contributed by atoms with E-state index >= 15 is 0 Å². The molecular weight excluding hydrogens is 390 g/mol. The first-order valence-electron chi connectivity index (χ1n) is 11.5. The number of ether oxygens (including phenoxy) is 1. The SMILES string of the molecule is C[C@@H]1[C@H](C)CCC[C@H]1NC(=O)[C@H](C)OC(=O)c1c2c(nc3ccccc13)CCN(C)C2. The highest BCUT2D eigenvalue weighted by molar-refractivity contribution is 6.05. The van der Waals surface area contributed by atoms with E-state index in [2.05, 4.69) is 24.1 Å². The molecule has 1 aliphatic heterocycles. The summed E-state index contributed by atoms with van der Waals surface area (Å²) in [5.74, 6) is 0.345. The van der Waals surface area contributed by atoms with Crippen molar-refractivity contribution in [1.82, 2.24) is 15.2 Å². The number of amides is 1. The van der Waals surface area contributed by atoms with Gasteiger partial charge in [-0.2, -0.15) is 0 Å².